The van der Waals surface area contributed by atoms with E-state index >= 15 is 0 Å². The van der Waals surface area contributed by atoms with Crippen molar-refractivity contribution in [3.8, 4) is 0 Å². The molecule has 0 radical (unpaired) electrons. The molecule has 5 heteroatoms. The van der Waals surface area contributed by atoms with Crippen molar-refractivity contribution in [3.05, 3.63) is 52.6 Å². The van der Waals surface area contributed by atoms with Crippen LogP contribution in [0.1, 0.15) is 59.1 Å². The molecule has 1 aliphatic heterocycles. The van der Waals surface area contributed by atoms with Crippen LogP contribution < -0.4 is 10.3 Å². The van der Waals surface area contributed by atoms with Gasteiger partial charge in [0.1, 0.15) is 5.92 Å². The van der Waals surface area contributed by atoms with Crippen LogP contribution in [0.4, 0.5) is 0 Å². The van der Waals surface area contributed by atoms with E-state index in [1.165, 1.54) is 0 Å². The van der Waals surface area contributed by atoms with Crippen LogP contribution in [0, 0.1) is 5.41 Å². The molecule has 2 heterocycles. The molecule has 0 spiro atoms. The fourth-order valence-electron chi connectivity index (χ4n) is 3.88. The molecule has 1 aromatic heterocycles. The molecule has 0 saturated heterocycles. The zero-order chi connectivity index (χ0) is 19.1. The molecule has 0 aromatic carbocycles. The SMILES string of the molecule is CC1=C(C(=O)OC(C)C)C(c2cccc[nH+]2)C2=C(CC(C)(C)CC2=O)N1. The first kappa shape index (κ1) is 18.4. The van der Waals surface area contributed by atoms with Crippen LogP contribution >= 0.6 is 0 Å². The summed E-state index contributed by atoms with van der Waals surface area (Å²) in [5.74, 6) is -0.716. The fourth-order valence-corrected chi connectivity index (χ4v) is 3.88. The summed E-state index contributed by atoms with van der Waals surface area (Å²) in [6.07, 6.45) is 2.85. The first-order chi connectivity index (χ1) is 12.2. The van der Waals surface area contributed by atoms with E-state index in [2.05, 4.69) is 24.1 Å². The van der Waals surface area contributed by atoms with Gasteiger partial charge in [-0.1, -0.05) is 19.9 Å². The lowest BCUT2D eigenvalue weighted by Crippen LogP contribution is -2.40. The van der Waals surface area contributed by atoms with Crippen LogP contribution in [-0.2, 0) is 14.3 Å². The number of hydrogen-bond acceptors (Lipinski definition) is 4. The minimum Gasteiger partial charge on any atom is -0.460 e. The van der Waals surface area contributed by atoms with Gasteiger partial charge in [-0.2, -0.15) is 0 Å². The molecule has 0 saturated carbocycles. The van der Waals surface area contributed by atoms with Crippen molar-refractivity contribution in [2.75, 3.05) is 0 Å². The van der Waals surface area contributed by atoms with Gasteiger partial charge in [-0.3, -0.25) is 4.79 Å². The number of Topliss-reactive ketones (excluding diaryl/α,β-unsaturated/α-hetero) is 1. The molecule has 0 amide bonds. The van der Waals surface area contributed by atoms with E-state index in [4.69, 9.17) is 4.74 Å². The van der Waals surface area contributed by atoms with Crippen molar-refractivity contribution in [2.45, 2.75) is 59.5 Å². The van der Waals surface area contributed by atoms with Crippen LogP contribution in [0.2, 0.25) is 0 Å². The minimum atomic E-state index is -0.428. The van der Waals surface area contributed by atoms with E-state index in [9.17, 15) is 9.59 Å². The van der Waals surface area contributed by atoms with Gasteiger partial charge < -0.3 is 10.1 Å². The second-order valence-corrected chi connectivity index (χ2v) is 8.20. The second-order valence-electron chi connectivity index (χ2n) is 8.20. The number of esters is 1. The first-order valence-electron chi connectivity index (χ1n) is 9.11. The van der Waals surface area contributed by atoms with Gasteiger partial charge in [0.25, 0.3) is 0 Å². The summed E-state index contributed by atoms with van der Waals surface area (Å²) in [5, 5.41) is 3.33. The van der Waals surface area contributed by atoms with Crippen molar-refractivity contribution in [1.29, 1.82) is 0 Å². The van der Waals surface area contributed by atoms with E-state index in [1.54, 1.807) is 0 Å². The fraction of sp³-hybridized carbons (Fsp3) is 0.476. The smallest absolute Gasteiger partial charge is 0.337 e. The maximum absolute atomic E-state index is 13.0. The molecule has 1 aromatic rings. The highest BCUT2D eigenvalue weighted by Gasteiger charge is 2.45. The number of dihydropyridines is 1. The predicted octanol–water partition coefficient (Wildman–Crippen LogP) is 3.06. The zero-order valence-electron chi connectivity index (χ0n) is 16.1. The third-order valence-corrected chi connectivity index (χ3v) is 4.85. The third-order valence-electron chi connectivity index (χ3n) is 4.85. The lowest BCUT2D eigenvalue weighted by molar-refractivity contribution is -0.391. The van der Waals surface area contributed by atoms with E-state index in [0.717, 1.165) is 23.5 Å². The Hall–Kier alpha value is -2.43. The van der Waals surface area contributed by atoms with Crippen LogP contribution in [0.25, 0.3) is 0 Å². The molecule has 26 heavy (non-hydrogen) atoms. The topological polar surface area (TPSA) is 69.5 Å². The number of rotatable bonds is 3. The Morgan fingerprint density at radius 2 is 2.04 bits per heavy atom. The number of aromatic amines is 1. The highest BCUT2D eigenvalue weighted by Crippen LogP contribution is 2.45. The third kappa shape index (κ3) is 3.43. The summed E-state index contributed by atoms with van der Waals surface area (Å²) < 4.78 is 5.48. The summed E-state index contributed by atoms with van der Waals surface area (Å²) >= 11 is 0. The standard InChI is InChI=1S/C21H26N2O3/c1-12(2)26-20(25)17-13(3)23-15-10-21(4,5)11-16(24)18(15)19(17)14-8-6-7-9-22-14/h6-9,12,19,23H,10-11H2,1-5H3/p+1. The Morgan fingerprint density at radius 1 is 1.31 bits per heavy atom. The molecular weight excluding hydrogens is 328 g/mol. The molecule has 3 rings (SSSR count). The number of pyridine rings is 1. The van der Waals surface area contributed by atoms with Gasteiger partial charge in [-0.25, -0.2) is 9.78 Å². The maximum atomic E-state index is 13.0. The zero-order valence-corrected chi connectivity index (χ0v) is 16.1. The van der Waals surface area contributed by atoms with E-state index in [-0.39, 0.29) is 23.3 Å². The van der Waals surface area contributed by atoms with Crippen LogP contribution in [0.5, 0.6) is 0 Å². The number of nitrogens with one attached hydrogen (secondary N) is 2. The number of carbonyl (C=O) groups excluding carboxylic acids is 2. The van der Waals surface area contributed by atoms with Crippen molar-refractivity contribution >= 4 is 11.8 Å². The second kappa shape index (κ2) is 6.71. The Morgan fingerprint density at radius 3 is 2.65 bits per heavy atom. The molecule has 1 aliphatic carbocycles. The maximum Gasteiger partial charge on any atom is 0.337 e. The monoisotopic (exact) mass is 355 g/mol. The Kier molecular flexibility index (Phi) is 4.74. The van der Waals surface area contributed by atoms with Crippen LogP contribution in [-0.4, -0.2) is 17.9 Å². The highest BCUT2D eigenvalue weighted by atomic mass is 16.5. The summed E-state index contributed by atoms with van der Waals surface area (Å²) in [6, 6.07) is 5.71. The molecule has 0 fully saturated rings. The largest absolute Gasteiger partial charge is 0.460 e. The molecule has 2 aliphatic rings. The number of ketones is 1. The minimum absolute atomic E-state index is 0.0911. The van der Waals surface area contributed by atoms with E-state index < -0.39 is 5.92 Å². The Labute approximate surface area is 154 Å². The molecule has 2 N–H and O–H groups in total. The van der Waals surface area contributed by atoms with Crippen molar-refractivity contribution in [3.63, 3.8) is 0 Å². The molecule has 0 bridgehead atoms. The normalized spacial score (nSPS) is 22.2. The molecule has 1 unspecified atom stereocenters. The number of carbonyl (C=O) groups is 2. The number of ether oxygens (including phenoxy) is 1. The average molecular weight is 355 g/mol. The summed E-state index contributed by atoms with van der Waals surface area (Å²) in [5.41, 5.74) is 3.60. The summed E-state index contributed by atoms with van der Waals surface area (Å²) in [7, 11) is 0. The first-order valence-corrected chi connectivity index (χ1v) is 9.11. The summed E-state index contributed by atoms with van der Waals surface area (Å²) in [4.78, 5) is 29.1. The molecule has 1 atom stereocenters. The van der Waals surface area contributed by atoms with Gasteiger partial charge >= 0.3 is 5.97 Å². The van der Waals surface area contributed by atoms with Crippen LogP contribution in [0.3, 0.4) is 0 Å². The van der Waals surface area contributed by atoms with E-state index in [0.29, 0.717) is 17.6 Å². The molecule has 5 nitrogen and oxygen atoms in total. The number of aromatic nitrogens is 1. The van der Waals surface area contributed by atoms with Crippen molar-refractivity contribution < 1.29 is 19.3 Å². The van der Waals surface area contributed by atoms with Gasteiger partial charge in [0.15, 0.2) is 17.7 Å². The number of H-pyrrole nitrogens is 1. The van der Waals surface area contributed by atoms with E-state index in [1.807, 2.05) is 45.2 Å². The van der Waals surface area contributed by atoms with Crippen LogP contribution in [0.15, 0.2) is 46.9 Å². The van der Waals surface area contributed by atoms with Gasteiger partial charge in [-0.15, -0.1) is 0 Å². The lowest BCUT2D eigenvalue weighted by Gasteiger charge is -2.38. The average Bonchev–Trinajstić information content (AvgIpc) is 2.52. The lowest BCUT2D eigenvalue weighted by atomic mass is 9.69. The number of hydrogen-bond donors (Lipinski definition) is 1. The Bertz CT molecular complexity index is 804. The van der Waals surface area contributed by atoms with Gasteiger partial charge in [0, 0.05) is 35.5 Å². The van der Waals surface area contributed by atoms with Gasteiger partial charge in [-0.05, 0) is 32.6 Å². The summed E-state index contributed by atoms with van der Waals surface area (Å²) in [6.45, 7) is 9.73. The molecule has 138 valence electrons. The predicted molar refractivity (Wildman–Crippen MR) is 97.9 cm³/mol. The molecular formula is C21H27N2O3+. The quantitative estimate of drug-likeness (QED) is 0.846. The van der Waals surface area contributed by atoms with Gasteiger partial charge in [0.05, 0.1) is 11.7 Å². The van der Waals surface area contributed by atoms with Gasteiger partial charge in [0.2, 0.25) is 0 Å². The Balaban J connectivity index is 2.14. The van der Waals surface area contributed by atoms with Crippen molar-refractivity contribution in [1.82, 2.24) is 5.32 Å². The highest BCUT2D eigenvalue weighted by molar-refractivity contribution is 6.03. The number of allylic oxidation sites excluding steroid dienone is 3. The van der Waals surface area contributed by atoms with Crippen molar-refractivity contribution in [2.24, 2.45) is 5.41 Å².